The summed E-state index contributed by atoms with van der Waals surface area (Å²) in [4.78, 5) is 18.4. The number of likely N-dealkylation sites (tertiary alicyclic amines) is 1. The van der Waals surface area contributed by atoms with E-state index >= 15 is 0 Å². The number of nitrogens with two attached hydrogens (primary N) is 1. The van der Waals surface area contributed by atoms with Crippen molar-refractivity contribution in [3.05, 3.63) is 23.8 Å². The van der Waals surface area contributed by atoms with Crippen LogP contribution in [0.5, 0.6) is 11.5 Å². The van der Waals surface area contributed by atoms with Gasteiger partial charge in [-0.1, -0.05) is 6.07 Å². The molecular weight excluding hydrogens is 380 g/mol. The van der Waals surface area contributed by atoms with E-state index < -0.39 is 0 Å². The van der Waals surface area contributed by atoms with Gasteiger partial charge in [-0.15, -0.1) is 0 Å². The van der Waals surface area contributed by atoms with Crippen molar-refractivity contribution in [2.24, 2.45) is 16.6 Å². The number of hydrogen-bond donors (Lipinski definition) is 2. The standard InChI is InChI=1S/C23H36N4O3/c1-3-25-23(27-12-6-7-18(16-27)14-22(24)28)26-15-17-10-11-20(29-2)21(13-17)30-19-8-4-5-9-19/h10-11,13,18-19H,3-9,12,14-16H2,1-2H3,(H2,24,28)(H,25,26). The second kappa shape index (κ2) is 11.1. The zero-order valence-corrected chi connectivity index (χ0v) is 18.4. The lowest BCUT2D eigenvalue weighted by Crippen LogP contribution is -2.47. The first kappa shape index (κ1) is 22.2. The maximum Gasteiger partial charge on any atom is 0.217 e. The number of ether oxygens (including phenoxy) is 2. The van der Waals surface area contributed by atoms with Crippen LogP contribution in [-0.2, 0) is 11.3 Å². The van der Waals surface area contributed by atoms with Gasteiger partial charge in [-0.3, -0.25) is 4.79 Å². The number of benzene rings is 1. The van der Waals surface area contributed by atoms with Gasteiger partial charge in [0.25, 0.3) is 0 Å². The lowest BCUT2D eigenvalue weighted by atomic mass is 9.95. The minimum Gasteiger partial charge on any atom is -0.493 e. The Balaban J connectivity index is 1.69. The number of piperidine rings is 1. The molecule has 3 N–H and O–H groups in total. The van der Waals surface area contributed by atoms with Crippen LogP contribution in [0.4, 0.5) is 0 Å². The number of amides is 1. The van der Waals surface area contributed by atoms with E-state index in [9.17, 15) is 4.79 Å². The number of aliphatic imine (C=N–C) groups is 1. The molecule has 1 saturated carbocycles. The number of carbonyl (C=O) groups is 1. The van der Waals surface area contributed by atoms with Crippen molar-refractivity contribution in [1.29, 1.82) is 0 Å². The van der Waals surface area contributed by atoms with E-state index in [1.54, 1.807) is 7.11 Å². The zero-order valence-electron chi connectivity index (χ0n) is 18.4. The van der Waals surface area contributed by atoms with Crippen molar-refractivity contribution in [1.82, 2.24) is 10.2 Å². The molecule has 1 unspecified atom stereocenters. The number of guanidine groups is 1. The van der Waals surface area contributed by atoms with Crippen LogP contribution in [0.25, 0.3) is 0 Å². The summed E-state index contributed by atoms with van der Waals surface area (Å²) in [5.41, 5.74) is 6.50. The molecule has 7 nitrogen and oxygen atoms in total. The van der Waals surface area contributed by atoms with Gasteiger partial charge in [-0.05, 0) is 69.1 Å². The number of methoxy groups -OCH3 is 1. The number of rotatable bonds is 8. The number of carbonyl (C=O) groups excluding carboxylic acids is 1. The van der Waals surface area contributed by atoms with Gasteiger partial charge < -0.3 is 25.4 Å². The summed E-state index contributed by atoms with van der Waals surface area (Å²) < 4.78 is 11.7. The van der Waals surface area contributed by atoms with Gasteiger partial charge in [0.2, 0.25) is 5.91 Å². The Bertz CT molecular complexity index is 731. The molecule has 0 radical (unpaired) electrons. The SMILES string of the molecule is CCNC(=NCc1ccc(OC)c(OC2CCCC2)c1)N1CCCC(CC(N)=O)C1. The van der Waals surface area contributed by atoms with Crippen molar-refractivity contribution in [3.63, 3.8) is 0 Å². The van der Waals surface area contributed by atoms with Crippen LogP contribution in [0, 0.1) is 5.92 Å². The monoisotopic (exact) mass is 416 g/mol. The molecule has 0 aromatic heterocycles. The maximum atomic E-state index is 11.3. The van der Waals surface area contributed by atoms with Crippen LogP contribution in [0.3, 0.4) is 0 Å². The fraction of sp³-hybridized carbons (Fsp3) is 0.652. The summed E-state index contributed by atoms with van der Waals surface area (Å²) in [6.07, 6.45) is 7.49. The fourth-order valence-electron chi connectivity index (χ4n) is 4.40. The molecule has 2 fully saturated rings. The third-order valence-corrected chi connectivity index (χ3v) is 5.88. The summed E-state index contributed by atoms with van der Waals surface area (Å²) in [6, 6.07) is 6.06. The molecule has 2 aliphatic rings. The molecule has 1 aliphatic heterocycles. The molecule has 1 heterocycles. The average Bonchev–Trinajstić information content (AvgIpc) is 3.24. The van der Waals surface area contributed by atoms with E-state index in [2.05, 4.69) is 23.2 Å². The van der Waals surface area contributed by atoms with Crippen molar-refractivity contribution in [2.75, 3.05) is 26.7 Å². The quantitative estimate of drug-likeness (QED) is 0.502. The van der Waals surface area contributed by atoms with E-state index in [0.717, 1.165) is 68.3 Å². The largest absolute Gasteiger partial charge is 0.493 e. The molecule has 7 heteroatoms. The Morgan fingerprint density at radius 2 is 2.03 bits per heavy atom. The van der Waals surface area contributed by atoms with Gasteiger partial charge in [0.15, 0.2) is 17.5 Å². The van der Waals surface area contributed by atoms with Gasteiger partial charge in [0.1, 0.15) is 0 Å². The smallest absolute Gasteiger partial charge is 0.217 e. The highest BCUT2D eigenvalue weighted by Gasteiger charge is 2.23. The first-order valence-electron chi connectivity index (χ1n) is 11.2. The van der Waals surface area contributed by atoms with Crippen molar-refractivity contribution in [3.8, 4) is 11.5 Å². The predicted molar refractivity (Wildman–Crippen MR) is 119 cm³/mol. The summed E-state index contributed by atoms with van der Waals surface area (Å²) in [7, 11) is 1.68. The van der Waals surface area contributed by atoms with E-state index in [4.69, 9.17) is 20.2 Å². The average molecular weight is 417 g/mol. The minimum absolute atomic E-state index is 0.225. The van der Waals surface area contributed by atoms with Crippen LogP contribution in [0.1, 0.15) is 57.4 Å². The molecule has 3 rings (SSSR count). The van der Waals surface area contributed by atoms with Crippen LogP contribution in [0.2, 0.25) is 0 Å². The van der Waals surface area contributed by atoms with Crippen LogP contribution in [-0.4, -0.2) is 49.6 Å². The van der Waals surface area contributed by atoms with Crippen molar-refractivity contribution < 1.29 is 14.3 Å². The molecule has 30 heavy (non-hydrogen) atoms. The molecule has 1 atom stereocenters. The van der Waals surface area contributed by atoms with Crippen LogP contribution < -0.4 is 20.5 Å². The Kier molecular flexibility index (Phi) is 8.22. The summed E-state index contributed by atoms with van der Waals surface area (Å²) in [5, 5.41) is 3.40. The van der Waals surface area contributed by atoms with Crippen molar-refractivity contribution in [2.45, 2.75) is 64.5 Å². The van der Waals surface area contributed by atoms with Gasteiger partial charge >= 0.3 is 0 Å². The predicted octanol–water partition coefficient (Wildman–Crippen LogP) is 3.07. The first-order chi connectivity index (χ1) is 14.6. The topological polar surface area (TPSA) is 89.2 Å². The van der Waals surface area contributed by atoms with Crippen molar-refractivity contribution >= 4 is 11.9 Å². The van der Waals surface area contributed by atoms with Crippen LogP contribution >= 0.6 is 0 Å². The Labute approximate surface area is 180 Å². The molecule has 166 valence electrons. The number of nitrogens with zero attached hydrogens (tertiary/aromatic N) is 2. The second-order valence-corrected chi connectivity index (χ2v) is 8.30. The molecule has 1 saturated heterocycles. The molecule has 1 aromatic carbocycles. The lowest BCUT2D eigenvalue weighted by Gasteiger charge is -2.34. The van der Waals surface area contributed by atoms with Gasteiger partial charge in [-0.25, -0.2) is 4.99 Å². The van der Waals surface area contributed by atoms with Crippen LogP contribution in [0.15, 0.2) is 23.2 Å². The molecule has 0 spiro atoms. The van der Waals surface area contributed by atoms with E-state index in [-0.39, 0.29) is 12.0 Å². The first-order valence-corrected chi connectivity index (χ1v) is 11.2. The summed E-state index contributed by atoms with van der Waals surface area (Å²) >= 11 is 0. The van der Waals surface area contributed by atoms with E-state index in [1.165, 1.54) is 12.8 Å². The second-order valence-electron chi connectivity index (χ2n) is 8.30. The minimum atomic E-state index is -0.225. The van der Waals surface area contributed by atoms with E-state index in [0.29, 0.717) is 18.9 Å². The van der Waals surface area contributed by atoms with E-state index in [1.807, 2.05) is 12.1 Å². The highest BCUT2D eigenvalue weighted by Crippen LogP contribution is 2.32. The molecule has 1 aliphatic carbocycles. The molecular formula is C23H36N4O3. The molecule has 1 amide bonds. The number of hydrogen-bond acceptors (Lipinski definition) is 4. The fourth-order valence-corrected chi connectivity index (χ4v) is 4.40. The highest BCUT2D eigenvalue weighted by molar-refractivity contribution is 5.80. The highest BCUT2D eigenvalue weighted by atomic mass is 16.5. The number of primary amides is 1. The summed E-state index contributed by atoms with van der Waals surface area (Å²) in [6.45, 7) is 5.19. The number of nitrogens with one attached hydrogen (secondary N) is 1. The Morgan fingerprint density at radius 3 is 2.73 bits per heavy atom. The van der Waals surface area contributed by atoms with Gasteiger partial charge in [-0.2, -0.15) is 0 Å². The van der Waals surface area contributed by atoms with Gasteiger partial charge in [0.05, 0.1) is 19.8 Å². The normalized spacial score (nSPS) is 20.3. The molecule has 1 aromatic rings. The molecule has 0 bridgehead atoms. The maximum absolute atomic E-state index is 11.3. The third-order valence-electron chi connectivity index (χ3n) is 5.88. The third kappa shape index (κ3) is 6.28. The lowest BCUT2D eigenvalue weighted by molar-refractivity contribution is -0.119. The Hall–Kier alpha value is -2.44. The summed E-state index contributed by atoms with van der Waals surface area (Å²) in [5.74, 6) is 2.54. The Morgan fingerprint density at radius 1 is 1.23 bits per heavy atom. The van der Waals surface area contributed by atoms with Gasteiger partial charge in [0, 0.05) is 26.1 Å². The zero-order chi connectivity index (χ0) is 21.3.